The lowest BCUT2D eigenvalue weighted by Crippen LogP contribution is -1.98. The predicted molar refractivity (Wildman–Crippen MR) is 70.2 cm³/mol. The molecule has 0 aliphatic carbocycles. The molecule has 0 heterocycles. The van der Waals surface area contributed by atoms with Crippen LogP contribution in [-0.4, -0.2) is 0 Å². The Morgan fingerprint density at radius 1 is 0.875 bits per heavy atom. The molecule has 0 unspecified atom stereocenters. The van der Waals surface area contributed by atoms with Crippen molar-refractivity contribution in [3.63, 3.8) is 0 Å². The molecule has 4 N–H and O–H groups in total. The highest BCUT2D eigenvalue weighted by Crippen LogP contribution is 2.31. The van der Waals surface area contributed by atoms with E-state index in [1.807, 2.05) is 19.1 Å². The highest BCUT2D eigenvalue weighted by atomic mass is 14.7. The van der Waals surface area contributed by atoms with Crippen LogP contribution in [0.4, 0.5) is 11.4 Å². The Morgan fingerprint density at radius 3 is 2.31 bits per heavy atom. The van der Waals surface area contributed by atoms with E-state index in [-0.39, 0.29) is 0 Å². The summed E-state index contributed by atoms with van der Waals surface area (Å²) in [6.45, 7) is 4.09. The van der Waals surface area contributed by atoms with Crippen LogP contribution in [0.15, 0.2) is 36.4 Å². The molecule has 2 heteroatoms. The summed E-state index contributed by atoms with van der Waals surface area (Å²) in [6, 6.07) is 12.2. The van der Waals surface area contributed by atoms with E-state index in [0.29, 0.717) is 11.4 Å². The molecule has 0 saturated carbocycles. The number of hydrogen-bond acceptors (Lipinski definition) is 2. The van der Waals surface area contributed by atoms with Crippen LogP contribution in [0.3, 0.4) is 0 Å². The molecule has 2 nitrogen and oxygen atoms in total. The number of nitrogen functional groups attached to an aromatic ring is 2. The molecular weight excluding hydrogens is 196 g/mol. The maximum atomic E-state index is 6.01. The number of rotatable bonds is 1. The van der Waals surface area contributed by atoms with E-state index >= 15 is 0 Å². The quantitative estimate of drug-likeness (QED) is 0.713. The Hall–Kier alpha value is -1.96. The Balaban J connectivity index is 2.64. The first kappa shape index (κ1) is 10.6. The smallest absolute Gasteiger partial charge is 0.0627 e. The summed E-state index contributed by atoms with van der Waals surface area (Å²) in [5, 5.41) is 0. The van der Waals surface area contributed by atoms with Gasteiger partial charge in [-0.3, -0.25) is 0 Å². The van der Waals surface area contributed by atoms with Gasteiger partial charge in [0.15, 0.2) is 0 Å². The third-order valence-electron chi connectivity index (χ3n) is 2.69. The van der Waals surface area contributed by atoms with Gasteiger partial charge in [-0.05, 0) is 37.1 Å². The minimum atomic E-state index is 0.650. The van der Waals surface area contributed by atoms with Gasteiger partial charge in [-0.1, -0.05) is 29.8 Å². The summed E-state index contributed by atoms with van der Waals surface area (Å²) >= 11 is 0. The molecule has 0 saturated heterocycles. The van der Waals surface area contributed by atoms with Crippen molar-refractivity contribution in [1.29, 1.82) is 0 Å². The second-order valence-corrected chi connectivity index (χ2v) is 4.18. The zero-order valence-corrected chi connectivity index (χ0v) is 9.62. The lowest BCUT2D eigenvalue weighted by molar-refractivity contribution is 1.44. The normalized spacial score (nSPS) is 10.4. The third kappa shape index (κ3) is 1.87. The van der Waals surface area contributed by atoms with Gasteiger partial charge < -0.3 is 11.5 Å². The van der Waals surface area contributed by atoms with Crippen LogP contribution in [-0.2, 0) is 0 Å². The molecule has 0 aliphatic heterocycles. The molecule has 2 rings (SSSR count). The number of anilines is 2. The van der Waals surface area contributed by atoms with Crippen molar-refractivity contribution in [2.45, 2.75) is 13.8 Å². The van der Waals surface area contributed by atoms with Crippen LogP contribution in [0.5, 0.6) is 0 Å². The summed E-state index contributed by atoms with van der Waals surface area (Å²) in [5.41, 5.74) is 17.7. The van der Waals surface area contributed by atoms with E-state index in [4.69, 9.17) is 11.5 Å². The first-order valence-corrected chi connectivity index (χ1v) is 5.30. The van der Waals surface area contributed by atoms with Crippen molar-refractivity contribution in [2.24, 2.45) is 0 Å². The van der Waals surface area contributed by atoms with Gasteiger partial charge in [-0.15, -0.1) is 0 Å². The maximum absolute atomic E-state index is 6.01. The summed E-state index contributed by atoms with van der Waals surface area (Å²) in [5.74, 6) is 0. The van der Waals surface area contributed by atoms with Gasteiger partial charge in [0.05, 0.1) is 11.4 Å². The molecule has 0 atom stereocenters. The molecule has 2 aromatic rings. The van der Waals surface area contributed by atoms with Crippen LogP contribution in [0, 0.1) is 13.8 Å². The van der Waals surface area contributed by atoms with Crippen LogP contribution in [0.1, 0.15) is 11.1 Å². The minimum absolute atomic E-state index is 0.650. The van der Waals surface area contributed by atoms with E-state index in [0.717, 1.165) is 16.7 Å². The van der Waals surface area contributed by atoms with Gasteiger partial charge in [-0.25, -0.2) is 0 Å². The zero-order valence-electron chi connectivity index (χ0n) is 9.62. The highest BCUT2D eigenvalue weighted by Gasteiger charge is 2.06. The number of hydrogen-bond donors (Lipinski definition) is 2. The monoisotopic (exact) mass is 212 g/mol. The van der Waals surface area contributed by atoms with E-state index in [1.54, 1.807) is 0 Å². The Morgan fingerprint density at radius 2 is 1.62 bits per heavy atom. The summed E-state index contributed by atoms with van der Waals surface area (Å²) in [6.07, 6.45) is 0. The molecular formula is C14H16N2. The van der Waals surface area contributed by atoms with E-state index in [2.05, 4.69) is 31.2 Å². The Bertz CT molecular complexity index is 530. The van der Waals surface area contributed by atoms with Crippen molar-refractivity contribution < 1.29 is 0 Å². The molecule has 0 aliphatic rings. The van der Waals surface area contributed by atoms with Crippen LogP contribution < -0.4 is 11.5 Å². The Kier molecular flexibility index (Phi) is 2.57. The second-order valence-electron chi connectivity index (χ2n) is 4.18. The SMILES string of the molecule is Cc1cccc(-c2cc(C)cc(N)c2N)c1. The number of benzene rings is 2. The van der Waals surface area contributed by atoms with Gasteiger partial charge in [0.1, 0.15) is 0 Å². The fourth-order valence-electron chi connectivity index (χ4n) is 1.88. The average molecular weight is 212 g/mol. The fourth-order valence-corrected chi connectivity index (χ4v) is 1.88. The first-order valence-electron chi connectivity index (χ1n) is 5.30. The van der Waals surface area contributed by atoms with Gasteiger partial charge in [0.2, 0.25) is 0 Å². The van der Waals surface area contributed by atoms with Crippen LogP contribution >= 0.6 is 0 Å². The van der Waals surface area contributed by atoms with Crippen molar-refractivity contribution in [3.8, 4) is 11.1 Å². The van der Waals surface area contributed by atoms with Crippen LogP contribution in [0.25, 0.3) is 11.1 Å². The first-order chi connectivity index (χ1) is 7.58. The lowest BCUT2D eigenvalue weighted by atomic mass is 9.99. The summed E-state index contributed by atoms with van der Waals surface area (Å²) in [7, 11) is 0. The second kappa shape index (κ2) is 3.89. The number of aryl methyl sites for hydroxylation is 2. The van der Waals surface area contributed by atoms with Crippen LogP contribution in [0.2, 0.25) is 0 Å². The molecule has 2 aromatic carbocycles. The molecule has 0 aromatic heterocycles. The van der Waals surface area contributed by atoms with Crippen molar-refractivity contribution in [2.75, 3.05) is 11.5 Å². The van der Waals surface area contributed by atoms with Crippen molar-refractivity contribution in [1.82, 2.24) is 0 Å². The van der Waals surface area contributed by atoms with Gasteiger partial charge in [-0.2, -0.15) is 0 Å². The van der Waals surface area contributed by atoms with Gasteiger partial charge in [0, 0.05) is 5.56 Å². The topological polar surface area (TPSA) is 52.0 Å². The van der Waals surface area contributed by atoms with Crippen molar-refractivity contribution >= 4 is 11.4 Å². The lowest BCUT2D eigenvalue weighted by Gasteiger charge is -2.10. The van der Waals surface area contributed by atoms with E-state index in [9.17, 15) is 0 Å². The van der Waals surface area contributed by atoms with E-state index in [1.165, 1.54) is 5.56 Å². The van der Waals surface area contributed by atoms with Crippen molar-refractivity contribution in [3.05, 3.63) is 47.5 Å². The van der Waals surface area contributed by atoms with Gasteiger partial charge >= 0.3 is 0 Å². The standard InChI is InChI=1S/C14H16N2/c1-9-4-3-5-11(6-9)12-7-10(2)8-13(15)14(12)16/h3-8H,15-16H2,1-2H3. The molecule has 0 amide bonds. The van der Waals surface area contributed by atoms with Gasteiger partial charge in [0.25, 0.3) is 0 Å². The molecule has 0 spiro atoms. The molecule has 82 valence electrons. The fraction of sp³-hybridized carbons (Fsp3) is 0.143. The molecule has 0 bridgehead atoms. The maximum Gasteiger partial charge on any atom is 0.0627 e. The predicted octanol–water partition coefficient (Wildman–Crippen LogP) is 3.13. The minimum Gasteiger partial charge on any atom is -0.397 e. The average Bonchev–Trinajstić information content (AvgIpc) is 2.23. The number of nitrogens with two attached hydrogens (primary N) is 2. The van der Waals surface area contributed by atoms with E-state index < -0.39 is 0 Å². The zero-order chi connectivity index (χ0) is 11.7. The summed E-state index contributed by atoms with van der Waals surface area (Å²) in [4.78, 5) is 0. The highest BCUT2D eigenvalue weighted by molar-refractivity contribution is 5.85. The molecule has 0 fully saturated rings. The molecule has 16 heavy (non-hydrogen) atoms. The third-order valence-corrected chi connectivity index (χ3v) is 2.69. The largest absolute Gasteiger partial charge is 0.397 e. The Labute approximate surface area is 95.9 Å². The summed E-state index contributed by atoms with van der Waals surface area (Å²) < 4.78 is 0. The molecule has 0 radical (unpaired) electrons.